The van der Waals surface area contributed by atoms with Gasteiger partial charge in [0.15, 0.2) is 0 Å². The fourth-order valence-corrected chi connectivity index (χ4v) is 6.68. The van der Waals surface area contributed by atoms with Crippen LogP contribution in [0.1, 0.15) is 25.0 Å². The molecule has 0 radical (unpaired) electrons. The molecule has 2 aromatic heterocycles. The molecule has 1 N–H and O–H groups in total. The highest BCUT2D eigenvalue weighted by atomic mass is 32.2. The van der Waals surface area contributed by atoms with Gasteiger partial charge < -0.3 is 9.88 Å². The Balaban J connectivity index is 1.56. The predicted molar refractivity (Wildman–Crippen MR) is 120 cm³/mol. The number of fused-ring (bicyclic) bond motifs is 3. The van der Waals surface area contributed by atoms with Gasteiger partial charge >= 0.3 is 0 Å². The van der Waals surface area contributed by atoms with Gasteiger partial charge in [0.05, 0.1) is 23.3 Å². The Kier molecular flexibility index (Phi) is 5.30. The van der Waals surface area contributed by atoms with Crippen molar-refractivity contribution in [3.05, 3.63) is 67.0 Å². The van der Waals surface area contributed by atoms with Crippen molar-refractivity contribution in [3.63, 3.8) is 0 Å². The number of rotatable bonds is 5. The lowest BCUT2D eigenvalue weighted by molar-refractivity contribution is -0.135. The van der Waals surface area contributed by atoms with Gasteiger partial charge in [0, 0.05) is 24.7 Å². The quantitative estimate of drug-likeness (QED) is 0.602. The number of piperidine rings is 1. The van der Waals surface area contributed by atoms with E-state index in [1.807, 2.05) is 30.3 Å². The molecule has 4 heterocycles. The number of imidazole rings is 1. The van der Waals surface area contributed by atoms with E-state index < -0.39 is 16.1 Å². The Hall–Kier alpha value is -3.04. The highest BCUT2D eigenvalue weighted by molar-refractivity contribution is 7.89. The first-order valence-corrected chi connectivity index (χ1v) is 12.2. The number of sulfonamides is 1. The predicted octanol–water partition coefficient (Wildman–Crippen LogP) is 2.71. The summed E-state index contributed by atoms with van der Waals surface area (Å²) in [6, 6.07) is 11.7. The third kappa shape index (κ3) is 3.51. The molecule has 1 amide bonds. The maximum absolute atomic E-state index is 13.8. The van der Waals surface area contributed by atoms with Crippen molar-refractivity contribution in [3.8, 4) is 0 Å². The number of carbonyl (C=O) groups is 1. The summed E-state index contributed by atoms with van der Waals surface area (Å²) in [5, 5.41) is -0.121. The topological polar surface area (TPSA) is 99.3 Å². The Labute approximate surface area is 187 Å². The molecular weight excluding hydrogens is 426 g/mol. The molecule has 2 bridgehead atoms. The van der Waals surface area contributed by atoms with Crippen LogP contribution in [0.2, 0.25) is 0 Å². The third-order valence-corrected chi connectivity index (χ3v) is 8.17. The Morgan fingerprint density at radius 3 is 2.72 bits per heavy atom. The normalized spacial score (nSPS) is 24.4. The van der Waals surface area contributed by atoms with Crippen molar-refractivity contribution in [1.82, 2.24) is 24.2 Å². The van der Waals surface area contributed by atoms with E-state index >= 15 is 0 Å². The standard InChI is InChI=1S/C23H25N5O3S/c1-2-16-14-27(15-17-8-5-6-13-24-17)22(29)21-12-7-11-20(16)28(21)32(30,31)23-25-18-9-3-4-10-19(18)26-23/h2-6,8-10,13,16,20-21H,1,7,11-12,14-15H2,(H,25,26). The van der Waals surface area contributed by atoms with Crippen molar-refractivity contribution in [2.24, 2.45) is 5.92 Å². The molecule has 0 aliphatic carbocycles. The summed E-state index contributed by atoms with van der Waals surface area (Å²) in [7, 11) is -4.02. The van der Waals surface area contributed by atoms with Crippen molar-refractivity contribution in [1.29, 1.82) is 0 Å². The lowest BCUT2D eigenvalue weighted by Crippen LogP contribution is -2.54. The number of carbonyl (C=O) groups excluding carboxylic acids is 1. The molecule has 2 aliphatic rings. The number of para-hydroxylation sites is 2. The SMILES string of the molecule is C=CC1CN(Cc2ccccn2)C(=O)C2CCCC1N2S(=O)(=O)c1nc2ccccc2[nH]1. The molecule has 8 nitrogen and oxygen atoms in total. The maximum Gasteiger partial charge on any atom is 0.277 e. The number of aromatic nitrogens is 3. The van der Waals surface area contributed by atoms with Gasteiger partial charge in [-0.05, 0) is 43.5 Å². The van der Waals surface area contributed by atoms with Crippen molar-refractivity contribution in [2.75, 3.05) is 6.54 Å². The van der Waals surface area contributed by atoms with Gasteiger partial charge in [0.2, 0.25) is 11.1 Å². The molecule has 1 aromatic carbocycles. The summed E-state index contributed by atoms with van der Waals surface area (Å²) in [5.41, 5.74) is 2.00. The van der Waals surface area contributed by atoms with Gasteiger partial charge in [0.25, 0.3) is 10.0 Å². The van der Waals surface area contributed by atoms with Crippen LogP contribution in [0.3, 0.4) is 0 Å². The van der Waals surface area contributed by atoms with Gasteiger partial charge in [-0.2, -0.15) is 4.31 Å². The van der Waals surface area contributed by atoms with Crippen molar-refractivity contribution in [2.45, 2.75) is 43.0 Å². The van der Waals surface area contributed by atoms with E-state index in [4.69, 9.17) is 0 Å². The fraction of sp³-hybridized carbons (Fsp3) is 0.348. The minimum Gasteiger partial charge on any atom is -0.335 e. The van der Waals surface area contributed by atoms with E-state index in [0.717, 1.165) is 12.1 Å². The average molecular weight is 452 g/mol. The highest BCUT2D eigenvalue weighted by Gasteiger charge is 2.50. The second-order valence-electron chi connectivity index (χ2n) is 8.35. The monoisotopic (exact) mass is 451 g/mol. The van der Waals surface area contributed by atoms with Crippen LogP contribution < -0.4 is 0 Å². The number of amides is 1. The zero-order chi connectivity index (χ0) is 22.3. The van der Waals surface area contributed by atoms with Crippen molar-refractivity contribution < 1.29 is 13.2 Å². The van der Waals surface area contributed by atoms with Crippen LogP contribution in [0.15, 0.2) is 66.5 Å². The van der Waals surface area contributed by atoms with E-state index in [1.54, 1.807) is 29.3 Å². The average Bonchev–Trinajstić information content (AvgIpc) is 3.24. The lowest BCUT2D eigenvalue weighted by Gasteiger charge is -2.39. The number of nitrogens with one attached hydrogen (secondary N) is 1. The molecule has 2 fully saturated rings. The summed E-state index contributed by atoms with van der Waals surface area (Å²) < 4.78 is 29.0. The van der Waals surface area contributed by atoms with E-state index in [0.29, 0.717) is 37.0 Å². The number of hydrogen-bond acceptors (Lipinski definition) is 5. The first-order chi connectivity index (χ1) is 15.5. The summed E-state index contributed by atoms with van der Waals surface area (Å²) >= 11 is 0. The minimum absolute atomic E-state index is 0.121. The number of benzene rings is 1. The first kappa shape index (κ1) is 20.8. The molecule has 0 spiro atoms. The minimum atomic E-state index is -4.02. The number of pyridine rings is 1. The van der Waals surface area contributed by atoms with Gasteiger partial charge in [-0.25, -0.2) is 13.4 Å². The number of H-pyrrole nitrogens is 1. The fourth-order valence-electron chi connectivity index (χ4n) is 4.88. The molecule has 9 heteroatoms. The third-order valence-electron chi connectivity index (χ3n) is 6.40. The summed E-state index contributed by atoms with van der Waals surface area (Å²) in [6.45, 7) is 4.71. The zero-order valence-electron chi connectivity index (χ0n) is 17.6. The number of nitrogens with zero attached hydrogens (tertiary/aromatic N) is 4. The van der Waals surface area contributed by atoms with Crippen LogP contribution in [0.5, 0.6) is 0 Å². The molecule has 2 saturated heterocycles. The van der Waals surface area contributed by atoms with Crippen LogP contribution in [0.25, 0.3) is 11.0 Å². The molecule has 3 aromatic rings. The Morgan fingerprint density at radius 2 is 1.97 bits per heavy atom. The van der Waals surface area contributed by atoms with E-state index in [1.165, 1.54) is 4.31 Å². The summed E-state index contributed by atoms with van der Waals surface area (Å²) in [4.78, 5) is 27.0. The van der Waals surface area contributed by atoms with Crippen LogP contribution in [-0.2, 0) is 21.4 Å². The van der Waals surface area contributed by atoms with Gasteiger partial charge in [0.1, 0.15) is 6.04 Å². The molecule has 32 heavy (non-hydrogen) atoms. The first-order valence-electron chi connectivity index (χ1n) is 10.8. The summed E-state index contributed by atoms with van der Waals surface area (Å²) in [5.74, 6) is -0.378. The Morgan fingerprint density at radius 1 is 1.16 bits per heavy atom. The van der Waals surface area contributed by atoms with E-state index in [-0.39, 0.29) is 23.0 Å². The maximum atomic E-state index is 13.8. The second kappa shape index (κ2) is 8.14. The van der Waals surface area contributed by atoms with Crippen LogP contribution >= 0.6 is 0 Å². The zero-order valence-corrected chi connectivity index (χ0v) is 18.4. The molecule has 0 saturated carbocycles. The second-order valence-corrected chi connectivity index (χ2v) is 10.1. The van der Waals surface area contributed by atoms with E-state index in [2.05, 4.69) is 21.5 Å². The van der Waals surface area contributed by atoms with E-state index in [9.17, 15) is 13.2 Å². The molecule has 5 rings (SSSR count). The largest absolute Gasteiger partial charge is 0.335 e. The Bertz CT molecular complexity index is 1220. The number of hydrogen-bond donors (Lipinski definition) is 1. The molecule has 166 valence electrons. The molecule has 3 unspecified atom stereocenters. The lowest BCUT2D eigenvalue weighted by atomic mass is 9.90. The molecule has 3 atom stereocenters. The van der Waals surface area contributed by atoms with Gasteiger partial charge in [-0.3, -0.25) is 9.78 Å². The van der Waals surface area contributed by atoms with Crippen LogP contribution in [0.4, 0.5) is 0 Å². The van der Waals surface area contributed by atoms with Crippen LogP contribution in [-0.4, -0.2) is 57.1 Å². The molecule has 2 aliphatic heterocycles. The summed E-state index contributed by atoms with van der Waals surface area (Å²) in [6.07, 6.45) is 5.42. The van der Waals surface area contributed by atoms with Crippen molar-refractivity contribution >= 4 is 27.0 Å². The van der Waals surface area contributed by atoms with Gasteiger partial charge in [-0.15, -0.1) is 6.58 Å². The van der Waals surface area contributed by atoms with Gasteiger partial charge in [-0.1, -0.05) is 24.3 Å². The molecular formula is C23H25N5O3S. The highest BCUT2D eigenvalue weighted by Crippen LogP contribution is 2.37. The smallest absolute Gasteiger partial charge is 0.277 e. The number of aromatic amines is 1. The van der Waals surface area contributed by atoms with Crippen LogP contribution in [0, 0.1) is 5.92 Å².